The van der Waals surface area contributed by atoms with Crippen LogP contribution in [0.2, 0.25) is 0 Å². The summed E-state index contributed by atoms with van der Waals surface area (Å²) >= 11 is 0. The molecule has 0 aliphatic rings. The Morgan fingerprint density at radius 3 is 1.06 bits per heavy atom. The molecule has 0 aromatic carbocycles. The highest BCUT2D eigenvalue weighted by Gasteiger charge is 2.03. The molecular weight excluding hydrogens is 374 g/mol. The number of hydrogen-bond acceptors (Lipinski definition) is 1. The van der Waals surface area contributed by atoms with Crippen molar-refractivity contribution in [2.24, 2.45) is 5.92 Å². The lowest BCUT2D eigenvalue weighted by Gasteiger charge is -2.20. The summed E-state index contributed by atoms with van der Waals surface area (Å²) in [4.78, 5) is 2.66. The second-order valence-corrected chi connectivity index (χ2v) is 10.7. The van der Waals surface area contributed by atoms with Crippen LogP contribution in [-0.2, 0) is 0 Å². The summed E-state index contributed by atoms with van der Waals surface area (Å²) in [6, 6.07) is 0. The fraction of sp³-hybridized carbons (Fsp3) is 1.00. The van der Waals surface area contributed by atoms with Gasteiger partial charge in [-0.2, -0.15) is 0 Å². The SMILES string of the molecule is CCCCCCCCCCCCCCCCCCCCCCN(CC)CCCC(C)C. The summed E-state index contributed by atoms with van der Waals surface area (Å²) in [6.45, 7) is 13.2. The molecule has 0 aromatic rings. The summed E-state index contributed by atoms with van der Waals surface area (Å²) in [5.41, 5.74) is 0. The number of hydrogen-bond donors (Lipinski definition) is 0. The third-order valence-electron chi connectivity index (χ3n) is 7.03. The van der Waals surface area contributed by atoms with E-state index in [0.717, 1.165) is 5.92 Å². The first-order chi connectivity index (χ1) is 15.2. The monoisotopic (exact) mass is 437 g/mol. The Kier molecular flexibility index (Phi) is 26.2. The maximum Gasteiger partial charge on any atom is -0.00188 e. The molecule has 0 heterocycles. The van der Waals surface area contributed by atoms with E-state index < -0.39 is 0 Å². The van der Waals surface area contributed by atoms with Crippen LogP contribution in [0.15, 0.2) is 0 Å². The van der Waals surface area contributed by atoms with Crippen molar-refractivity contribution in [1.29, 1.82) is 0 Å². The molecule has 0 aromatic heterocycles. The van der Waals surface area contributed by atoms with Crippen molar-refractivity contribution in [2.75, 3.05) is 19.6 Å². The van der Waals surface area contributed by atoms with Gasteiger partial charge in [-0.25, -0.2) is 0 Å². The average molecular weight is 438 g/mol. The molecule has 0 radical (unpaired) electrons. The minimum Gasteiger partial charge on any atom is -0.304 e. The van der Waals surface area contributed by atoms with E-state index in [1.165, 1.54) is 161 Å². The first-order valence-corrected chi connectivity index (χ1v) is 14.9. The van der Waals surface area contributed by atoms with Crippen molar-refractivity contribution in [3.8, 4) is 0 Å². The number of unbranched alkanes of at least 4 members (excludes halogenated alkanes) is 19. The lowest BCUT2D eigenvalue weighted by molar-refractivity contribution is 0.269. The fourth-order valence-electron chi connectivity index (χ4n) is 4.74. The normalized spacial score (nSPS) is 11.8. The highest BCUT2D eigenvalue weighted by atomic mass is 15.1. The van der Waals surface area contributed by atoms with Crippen LogP contribution in [0.4, 0.5) is 0 Å². The van der Waals surface area contributed by atoms with Crippen LogP contribution in [0, 0.1) is 5.92 Å². The fourth-order valence-corrected chi connectivity index (χ4v) is 4.74. The Morgan fingerprint density at radius 2 is 0.742 bits per heavy atom. The van der Waals surface area contributed by atoms with Gasteiger partial charge in [-0.3, -0.25) is 0 Å². The molecule has 31 heavy (non-hydrogen) atoms. The highest BCUT2D eigenvalue weighted by molar-refractivity contribution is 4.58. The van der Waals surface area contributed by atoms with Gasteiger partial charge in [-0.15, -0.1) is 0 Å². The molecule has 0 saturated carbocycles. The van der Waals surface area contributed by atoms with Gasteiger partial charge in [0.25, 0.3) is 0 Å². The predicted octanol–water partition coefficient (Wildman–Crippen LogP) is 10.6. The van der Waals surface area contributed by atoms with Gasteiger partial charge in [-0.05, 0) is 44.8 Å². The molecular formula is C30H63N. The number of nitrogens with zero attached hydrogens (tertiary/aromatic N) is 1. The molecule has 1 heteroatoms. The molecule has 0 aliphatic carbocycles. The first-order valence-electron chi connectivity index (χ1n) is 14.9. The summed E-state index contributed by atoms with van der Waals surface area (Å²) in [5.74, 6) is 0.860. The van der Waals surface area contributed by atoms with Gasteiger partial charge in [-0.1, -0.05) is 150 Å². The molecule has 0 aliphatic heterocycles. The van der Waals surface area contributed by atoms with Gasteiger partial charge in [0.1, 0.15) is 0 Å². The van der Waals surface area contributed by atoms with Crippen molar-refractivity contribution in [1.82, 2.24) is 4.90 Å². The Bertz CT molecular complexity index is 312. The van der Waals surface area contributed by atoms with Gasteiger partial charge in [0.05, 0.1) is 0 Å². The predicted molar refractivity (Wildman–Crippen MR) is 144 cm³/mol. The summed E-state index contributed by atoms with van der Waals surface area (Å²) in [7, 11) is 0. The maximum atomic E-state index is 2.66. The average Bonchev–Trinajstić information content (AvgIpc) is 2.76. The Morgan fingerprint density at radius 1 is 0.419 bits per heavy atom. The van der Waals surface area contributed by atoms with Crippen LogP contribution in [0.1, 0.15) is 169 Å². The van der Waals surface area contributed by atoms with Crippen LogP contribution in [-0.4, -0.2) is 24.5 Å². The van der Waals surface area contributed by atoms with Crippen molar-refractivity contribution in [3.63, 3.8) is 0 Å². The molecule has 0 rings (SSSR count). The van der Waals surface area contributed by atoms with E-state index in [9.17, 15) is 0 Å². The zero-order valence-electron chi connectivity index (χ0n) is 22.7. The van der Waals surface area contributed by atoms with Crippen LogP contribution in [0.5, 0.6) is 0 Å². The zero-order valence-corrected chi connectivity index (χ0v) is 22.7. The molecule has 0 saturated heterocycles. The summed E-state index contributed by atoms with van der Waals surface area (Å²) < 4.78 is 0. The third kappa shape index (κ3) is 26.1. The topological polar surface area (TPSA) is 3.24 Å². The second kappa shape index (κ2) is 26.2. The maximum absolute atomic E-state index is 2.66. The van der Waals surface area contributed by atoms with E-state index in [4.69, 9.17) is 0 Å². The lowest BCUT2D eigenvalue weighted by atomic mass is 10.0. The van der Waals surface area contributed by atoms with Gasteiger partial charge >= 0.3 is 0 Å². The standard InChI is InChI=1S/C30H63N/c1-5-7-8-9-10-11-12-13-14-15-16-17-18-19-20-21-22-23-24-25-28-31(6-2)29-26-27-30(3)4/h30H,5-29H2,1-4H3. The van der Waals surface area contributed by atoms with E-state index in [-0.39, 0.29) is 0 Å². The minimum absolute atomic E-state index is 0.860. The van der Waals surface area contributed by atoms with E-state index >= 15 is 0 Å². The van der Waals surface area contributed by atoms with Gasteiger partial charge in [0.15, 0.2) is 0 Å². The number of rotatable bonds is 26. The second-order valence-electron chi connectivity index (χ2n) is 10.7. The Hall–Kier alpha value is -0.0400. The van der Waals surface area contributed by atoms with Gasteiger partial charge in [0.2, 0.25) is 0 Å². The lowest BCUT2D eigenvalue weighted by Crippen LogP contribution is -2.25. The first kappa shape index (κ1) is 31.0. The summed E-state index contributed by atoms with van der Waals surface area (Å²) in [6.07, 6.45) is 32.1. The Balaban J connectivity index is 3.16. The quantitative estimate of drug-likeness (QED) is 0.122. The van der Waals surface area contributed by atoms with Crippen LogP contribution in [0.3, 0.4) is 0 Å². The zero-order chi connectivity index (χ0) is 22.8. The van der Waals surface area contributed by atoms with Crippen molar-refractivity contribution in [3.05, 3.63) is 0 Å². The van der Waals surface area contributed by atoms with Gasteiger partial charge < -0.3 is 4.90 Å². The third-order valence-corrected chi connectivity index (χ3v) is 7.03. The van der Waals surface area contributed by atoms with Gasteiger partial charge in [0, 0.05) is 0 Å². The molecule has 0 fully saturated rings. The van der Waals surface area contributed by atoms with Crippen LogP contribution < -0.4 is 0 Å². The van der Waals surface area contributed by atoms with Crippen LogP contribution in [0.25, 0.3) is 0 Å². The van der Waals surface area contributed by atoms with Crippen molar-refractivity contribution in [2.45, 2.75) is 169 Å². The molecule has 0 bridgehead atoms. The van der Waals surface area contributed by atoms with E-state index in [2.05, 4.69) is 32.6 Å². The molecule has 0 unspecified atom stereocenters. The molecule has 1 nitrogen and oxygen atoms in total. The van der Waals surface area contributed by atoms with Crippen molar-refractivity contribution >= 4 is 0 Å². The van der Waals surface area contributed by atoms with Crippen LogP contribution >= 0.6 is 0 Å². The molecule has 0 atom stereocenters. The highest BCUT2D eigenvalue weighted by Crippen LogP contribution is 2.15. The molecule has 0 N–H and O–H groups in total. The summed E-state index contributed by atoms with van der Waals surface area (Å²) in [5, 5.41) is 0. The molecule has 0 amide bonds. The smallest absolute Gasteiger partial charge is 0.00188 e. The van der Waals surface area contributed by atoms with E-state index in [0.29, 0.717) is 0 Å². The van der Waals surface area contributed by atoms with Crippen molar-refractivity contribution < 1.29 is 0 Å². The van der Waals surface area contributed by atoms with E-state index in [1.54, 1.807) is 0 Å². The van der Waals surface area contributed by atoms with E-state index in [1.807, 2.05) is 0 Å². The minimum atomic E-state index is 0.860. The largest absolute Gasteiger partial charge is 0.304 e. The molecule has 188 valence electrons. The Labute approximate surface area is 199 Å². The molecule has 0 spiro atoms.